The maximum atomic E-state index is 5.10. The molecular formula is C17H27BrO. The number of hydrogen-bond donors (Lipinski definition) is 0. The van der Waals surface area contributed by atoms with Crippen LogP contribution in [0.3, 0.4) is 0 Å². The largest absolute Gasteiger partial charge is 0.384 e. The normalized spacial score (nSPS) is 15.3. The van der Waals surface area contributed by atoms with Crippen molar-refractivity contribution in [2.75, 3.05) is 13.7 Å². The van der Waals surface area contributed by atoms with Gasteiger partial charge in [-0.15, -0.1) is 0 Å². The summed E-state index contributed by atoms with van der Waals surface area (Å²) in [6, 6.07) is 8.90. The molecule has 0 saturated heterocycles. The van der Waals surface area contributed by atoms with Crippen molar-refractivity contribution in [3.05, 3.63) is 35.4 Å². The first kappa shape index (κ1) is 16.7. The van der Waals surface area contributed by atoms with Crippen LogP contribution in [0.5, 0.6) is 0 Å². The summed E-state index contributed by atoms with van der Waals surface area (Å²) in [5.41, 5.74) is 3.08. The predicted octanol–water partition coefficient (Wildman–Crippen LogP) is 5.38. The van der Waals surface area contributed by atoms with Crippen molar-refractivity contribution in [2.24, 2.45) is 11.3 Å². The second-order valence-electron chi connectivity index (χ2n) is 6.45. The van der Waals surface area contributed by atoms with Gasteiger partial charge >= 0.3 is 0 Å². The molecule has 19 heavy (non-hydrogen) atoms. The van der Waals surface area contributed by atoms with Gasteiger partial charge in [0.15, 0.2) is 0 Å². The maximum absolute atomic E-state index is 5.10. The number of methoxy groups -OCH3 is 1. The topological polar surface area (TPSA) is 9.23 Å². The fourth-order valence-corrected chi connectivity index (χ4v) is 2.78. The van der Waals surface area contributed by atoms with Gasteiger partial charge in [0, 0.05) is 11.9 Å². The zero-order chi connectivity index (χ0) is 14.5. The second-order valence-corrected chi connectivity index (χ2v) is 7.56. The van der Waals surface area contributed by atoms with Crippen molar-refractivity contribution in [3.63, 3.8) is 0 Å². The molecule has 0 fully saturated rings. The third-order valence-corrected chi connectivity index (χ3v) is 4.88. The predicted molar refractivity (Wildman–Crippen MR) is 86.9 cm³/mol. The zero-order valence-electron chi connectivity index (χ0n) is 12.9. The van der Waals surface area contributed by atoms with Crippen LogP contribution in [0.15, 0.2) is 24.3 Å². The molecule has 1 aromatic rings. The van der Waals surface area contributed by atoms with E-state index in [2.05, 4.69) is 67.9 Å². The number of ether oxygens (including phenoxy) is 1. The van der Waals surface area contributed by atoms with Gasteiger partial charge in [-0.3, -0.25) is 0 Å². The summed E-state index contributed by atoms with van der Waals surface area (Å²) in [6.45, 7) is 10.1. The van der Waals surface area contributed by atoms with Crippen LogP contribution in [0.1, 0.15) is 50.1 Å². The van der Waals surface area contributed by atoms with Gasteiger partial charge in [0.2, 0.25) is 0 Å². The van der Waals surface area contributed by atoms with Crippen LogP contribution in [0, 0.1) is 11.3 Å². The van der Waals surface area contributed by atoms with Crippen LogP contribution in [0.4, 0.5) is 0 Å². The van der Waals surface area contributed by atoms with E-state index in [0.29, 0.717) is 16.2 Å². The summed E-state index contributed by atoms with van der Waals surface area (Å²) < 4.78 is 5.10. The van der Waals surface area contributed by atoms with Gasteiger partial charge in [-0.1, -0.05) is 67.9 Å². The molecule has 0 aliphatic carbocycles. The molecule has 2 unspecified atom stereocenters. The molecule has 0 heterocycles. The summed E-state index contributed by atoms with van der Waals surface area (Å²) in [6.07, 6.45) is 2.16. The number of benzene rings is 1. The van der Waals surface area contributed by atoms with Crippen molar-refractivity contribution < 1.29 is 4.74 Å². The van der Waals surface area contributed by atoms with Crippen molar-refractivity contribution in [3.8, 4) is 0 Å². The number of halogens is 1. The van der Waals surface area contributed by atoms with Crippen LogP contribution < -0.4 is 0 Å². The fraction of sp³-hybridized carbons (Fsp3) is 0.647. The lowest BCUT2D eigenvalue weighted by molar-refractivity contribution is 0.202. The number of hydrogen-bond acceptors (Lipinski definition) is 1. The molecule has 0 aliphatic rings. The molecule has 108 valence electrons. The van der Waals surface area contributed by atoms with E-state index in [4.69, 9.17) is 4.74 Å². The molecule has 0 saturated carbocycles. The lowest BCUT2D eigenvalue weighted by atomic mass is 9.79. The van der Waals surface area contributed by atoms with Gasteiger partial charge in [-0.05, 0) is 35.3 Å². The van der Waals surface area contributed by atoms with Crippen LogP contribution >= 0.6 is 15.9 Å². The average Bonchev–Trinajstić information content (AvgIpc) is 2.35. The Balaban J connectivity index is 2.60. The zero-order valence-corrected chi connectivity index (χ0v) is 14.5. The summed E-state index contributed by atoms with van der Waals surface area (Å²) >= 11 is 3.83. The first-order valence-electron chi connectivity index (χ1n) is 7.06. The second kappa shape index (κ2) is 7.44. The molecule has 0 radical (unpaired) electrons. The van der Waals surface area contributed by atoms with Crippen LogP contribution in [-0.2, 0) is 11.2 Å². The van der Waals surface area contributed by atoms with E-state index in [1.165, 1.54) is 17.5 Å². The van der Waals surface area contributed by atoms with Gasteiger partial charge in [-0.2, -0.15) is 0 Å². The van der Waals surface area contributed by atoms with E-state index in [1.807, 2.05) is 0 Å². The highest BCUT2D eigenvalue weighted by molar-refractivity contribution is 9.09. The maximum Gasteiger partial charge on any atom is 0.0502 e. The van der Waals surface area contributed by atoms with Gasteiger partial charge in [0.05, 0.1) is 6.61 Å². The highest BCUT2D eigenvalue weighted by atomic mass is 79.9. The number of alkyl halides is 1. The van der Waals surface area contributed by atoms with Gasteiger partial charge in [0.1, 0.15) is 0 Å². The quantitative estimate of drug-likeness (QED) is 0.637. The molecular weight excluding hydrogens is 300 g/mol. The van der Waals surface area contributed by atoms with E-state index in [-0.39, 0.29) is 0 Å². The Labute approximate surface area is 126 Å². The minimum atomic E-state index is 0.366. The molecule has 2 atom stereocenters. The Kier molecular flexibility index (Phi) is 6.55. The summed E-state index contributed by atoms with van der Waals surface area (Å²) in [4.78, 5) is 0.443. The van der Waals surface area contributed by atoms with Gasteiger partial charge in [-0.25, -0.2) is 0 Å². The van der Waals surface area contributed by atoms with Gasteiger partial charge in [0.25, 0.3) is 0 Å². The molecule has 0 aliphatic heterocycles. The van der Waals surface area contributed by atoms with Crippen molar-refractivity contribution in [2.45, 2.75) is 45.4 Å². The molecule has 1 nitrogen and oxygen atoms in total. The van der Waals surface area contributed by atoms with Crippen molar-refractivity contribution in [1.82, 2.24) is 0 Å². The highest BCUT2D eigenvalue weighted by Gasteiger charge is 2.23. The van der Waals surface area contributed by atoms with E-state index < -0.39 is 0 Å². The molecule has 0 spiro atoms. The summed E-state index contributed by atoms with van der Waals surface area (Å²) in [7, 11) is 1.75. The van der Waals surface area contributed by atoms with Crippen molar-refractivity contribution >= 4 is 15.9 Å². The standard InChI is InChI=1S/C17H27BrO/c1-13(17(2,3)4)12-16(18)15-8-6-14(7-9-15)10-11-19-5/h6-9,13,16H,10-12H2,1-5H3. The lowest BCUT2D eigenvalue weighted by Gasteiger charge is -2.29. The molecule has 0 aromatic heterocycles. The van der Waals surface area contributed by atoms with E-state index in [9.17, 15) is 0 Å². The first-order valence-corrected chi connectivity index (χ1v) is 7.98. The molecule has 0 amide bonds. The summed E-state index contributed by atoms with van der Waals surface area (Å²) in [5, 5.41) is 0. The molecule has 0 N–H and O–H groups in total. The minimum absolute atomic E-state index is 0.366. The van der Waals surface area contributed by atoms with E-state index >= 15 is 0 Å². The third kappa shape index (κ3) is 5.66. The Bertz CT molecular complexity index is 364. The van der Waals surface area contributed by atoms with Crippen LogP contribution in [0.2, 0.25) is 0 Å². The number of rotatable bonds is 6. The minimum Gasteiger partial charge on any atom is -0.384 e. The van der Waals surface area contributed by atoms with E-state index in [1.54, 1.807) is 7.11 Å². The average molecular weight is 327 g/mol. The lowest BCUT2D eigenvalue weighted by Crippen LogP contribution is -2.18. The SMILES string of the molecule is COCCc1ccc(C(Br)CC(C)C(C)(C)C)cc1. The molecule has 1 aromatic carbocycles. The monoisotopic (exact) mass is 326 g/mol. The first-order chi connectivity index (χ1) is 8.84. The summed E-state index contributed by atoms with van der Waals surface area (Å²) in [5.74, 6) is 0.685. The Morgan fingerprint density at radius 3 is 2.21 bits per heavy atom. The molecule has 0 bridgehead atoms. The third-order valence-electron chi connectivity index (χ3n) is 3.98. The van der Waals surface area contributed by atoms with Crippen LogP contribution in [-0.4, -0.2) is 13.7 Å². The molecule has 2 heteroatoms. The Morgan fingerprint density at radius 2 is 1.74 bits per heavy atom. The fourth-order valence-electron chi connectivity index (χ4n) is 1.91. The molecule has 1 rings (SSSR count). The Hall–Kier alpha value is -0.340. The van der Waals surface area contributed by atoms with E-state index in [0.717, 1.165) is 13.0 Å². The highest BCUT2D eigenvalue weighted by Crippen LogP contribution is 2.37. The van der Waals surface area contributed by atoms with Crippen molar-refractivity contribution in [1.29, 1.82) is 0 Å². The van der Waals surface area contributed by atoms with Crippen LogP contribution in [0.25, 0.3) is 0 Å². The smallest absolute Gasteiger partial charge is 0.0502 e. The Morgan fingerprint density at radius 1 is 1.16 bits per heavy atom. The van der Waals surface area contributed by atoms with Gasteiger partial charge < -0.3 is 4.74 Å².